The number of nitrogens with zero attached hydrogens (tertiary/aromatic N) is 3. The Hall–Kier alpha value is -3.77. The van der Waals surface area contributed by atoms with Crippen LogP contribution in [0.1, 0.15) is 15.9 Å². The van der Waals surface area contributed by atoms with E-state index in [1.165, 1.54) is 0 Å². The Morgan fingerprint density at radius 3 is 2.66 bits per heavy atom. The van der Waals surface area contributed by atoms with Crippen LogP contribution in [0.2, 0.25) is 0 Å². The maximum Gasteiger partial charge on any atom is 0.184 e. The predicted molar refractivity (Wildman–Crippen MR) is 112 cm³/mol. The molecule has 0 spiro atoms. The third-order valence-electron chi connectivity index (χ3n) is 5.02. The second-order valence-corrected chi connectivity index (χ2v) is 6.82. The molecule has 29 heavy (non-hydrogen) atoms. The molecule has 1 aliphatic rings. The van der Waals surface area contributed by atoms with Crippen LogP contribution in [0.3, 0.4) is 0 Å². The molecule has 0 fully saturated rings. The van der Waals surface area contributed by atoms with Crippen molar-refractivity contribution in [3.8, 4) is 22.6 Å². The minimum absolute atomic E-state index is 0.0159. The van der Waals surface area contributed by atoms with Gasteiger partial charge in [0.1, 0.15) is 18.0 Å². The maximum absolute atomic E-state index is 12.2. The Bertz CT molecular complexity index is 1260. The van der Waals surface area contributed by atoms with Gasteiger partial charge in [-0.05, 0) is 29.8 Å². The first-order chi connectivity index (χ1) is 14.2. The van der Waals surface area contributed by atoms with E-state index in [-0.39, 0.29) is 12.3 Å². The number of fused-ring (bicyclic) bond motifs is 2. The quantitative estimate of drug-likeness (QED) is 0.583. The molecule has 5 rings (SSSR count). The fraction of sp³-hybridized carbons (Fsp3) is 0.0870. The summed E-state index contributed by atoms with van der Waals surface area (Å²) in [6, 6.07) is 19.2. The van der Waals surface area contributed by atoms with Crippen LogP contribution in [0, 0.1) is 0 Å². The Kier molecular flexibility index (Phi) is 4.18. The third-order valence-corrected chi connectivity index (χ3v) is 5.02. The van der Waals surface area contributed by atoms with Crippen molar-refractivity contribution in [2.24, 2.45) is 10.7 Å². The van der Waals surface area contributed by atoms with E-state index in [1.54, 1.807) is 4.52 Å². The number of benzene rings is 2. The van der Waals surface area contributed by atoms with E-state index in [2.05, 4.69) is 10.1 Å². The summed E-state index contributed by atoms with van der Waals surface area (Å²) in [5, 5.41) is 4.45. The Morgan fingerprint density at radius 1 is 0.966 bits per heavy atom. The number of hydrogen-bond acceptors (Lipinski definition) is 5. The van der Waals surface area contributed by atoms with Gasteiger partial charge < -0.3 is 10.5 Å². The highest BCUT2D eigenvalue weighted by molar-refractivity contribution is 6.16. The van der Waals surface area contributed by atoms with Crippen LogP contribution in [0.25, 0.3) is 16.6 Å². The van der Waals surface area contributed by atoms with Crippen molar-refractivity contribution in [3.05, 3.63) is 84.2 Å². The monoisotopic (exact) mass is 382 g/mol. The molecule has 142 valence electrons. The molecule has 4 aromatic rings. The molecular formula is C23H18N4O2. The molecule has 6 heteroatoms. The van der Waals surface area contributed by atoms with Gasteiger partial charge in [-0.15, -0.1) is 0 Å². The highest BCUT2D eigenvalue weighted by Crippen LogP contribution is 2.31. The van der Waals surface area contributed by atoms with Crippen molar-refractivity contribution in [1.82, 2.24) is 9.61 Å². The minimum Gasteiger partial charge on any atom is -0.457 e. The average Bonchev–Trinajstić information content (AvgIpc) is 3.18. The molecule has 0 atom stereocenters. The van der Waals surface area contributed by atoms with E-state index in [0.717, 1.165) is 39.4 Å². The maximum atomic E-state index is 12.2. The molecule has 0 aliphatic carbocycles. The second kappa shape index (κ2) is 7.00. The molecule has 6 nitrogen and oxygen atoms in total. The minimum atomic E-state index is 0.0159. The van der Waals surface area contributed by atoms with E-state index >= 15 is 0 Å². The number of Topliss-reactive ketones (excluding diaryl/α,β-unsaturated/α-hetero) is 1. The zero-order chi connectivity index (χ0) is 19.8. The first-order valence-corrected chi connectivity index (χ1v) is 9.34. The number of pyridine rings is 1. The Balaban J connectivity index is 1.58. The summed E-state index contributed by atoms with van der Waals surface area (Å²) in [6.45, 7) is 0.462. The molecule has 0 unspecified atom stereocenters. The smallest absolute Gasteiger partial charge is 0.184 e. The summed E-state index contributed by atoms with van der Waals surface area (Å²) >= 11 is 0. The van der Waals surface area contributed by atoms with Gasteiger partial charge in [0, 0.05) is 35.5 Å². The molecule has 0 amide bonds. The van der Waals surface area contributed by atoms with Crippen molar-refractivity contribution in [1.29, 1.82) is 0 Å². The lowest BCUT2D eigenvalue weighted by Crippen LogP contribution is -2.24. The lowest BCUT2D eigenvalue weighted by molar-refractivity contribution is 0.1000. The van der Waals surface area contributed by atoms with Gasteiger partial charge in [-0.2, -0.15) is 5.10 Å². The molecule has 0 radical (unpaired) electrons. The summed E-state index contributed by atoms with van der Waals surface area (Å²) in [5.41, 5.74) is 10.9. The first kappa shape index (κ1) is 17.3. The number of nitrogens with two attached hydrogens (primary N) is 1. The third kappa shape index (κ3) is 3.09. The lowest BCUT2D eigenvalue weighted by Gasteiger charge is -2.16. The second-order valence-electron chi connectivity index (χ2n) is 6.82. The number of aromatic nitrogens is 2. The van der Waals surface area contributed by atoms with Crippen LogP contribution in [-0.4, -0.2) is 34.2 Å². The number of ketones is 1. The molecule has 0 saturated heterocycles. The normalized spacial score (nSPS) is 13.3. The number of aliphatic imine (C=N–C) groups is 1. The number of para-hydroxylation sites is 1. The van der Waals surface area contributed by atoms with Gasteiger partial charge in [-0.3, -0.25) is 9.79 Å². The van der Waals surface area contributed by atoms with Crippen molar-refractivity contribution in [3.63, 3.8) is 0 Å². The van der Waals surface area contributed by atoms with E-state index in [9.17, 15) is 4.79 Å². The first-order valence-electron chi connectivity index (χ1n) is 9.34. The summed E-state index contributed by atoms with van der Waals surface area (Å²) < 4.78 is 7.77. The lowest BCUT2D eigenvalue weighted by atomic mass is 9.93. The largest absolute Gasteiger partial charge is 0.457 e. The SMILES string of the molecule is NCC1=NCC(=O)c2ccc(-c3cnn4ccc(Oc5ccccc5)cc34)cc21. The fourth-order valence-electron chi connectivity index (χ4n) is 3.58. The van der Waals surface area contributed by atoms with Crippen LogP contribution in [-0.2, 0) is 0 Å². The van der Waals surface area contributed by atoms with Crippen LogP contribution < -0.4 is 10.5 Å². The Morgan fingerprint density at radius 2 is 1.83 bits per heavy atom. The summed E-state index contributed by atoms with van der Waals surface area (Å²) in [7, 11) is 0. The van der Waals surface area contributed by atoms with Crippen LogP contribution in [0.4, 0.5) is 0 Å². The zero-order valence-corrected chi connectivity index (χ0v) is 15.6. The highest BCUT2D eigenvalue weighted by Gasteiger charge is 2.21. The predicted octanol–water partition coefficient (Wildman–Crippen LogP) is 3.74. The van der Waals surface area contributed by atoms with Gasteiger partial charge in [0.2, 0.25) is 0 Å². The van der Waals surface area contributed by atoms with Gasteiger partial charge in [0.25, 0.3) is 0 Å². The Labute approximate surface area is 167 Å². The molecule has 2 aromatic heterocycles. The molecular weight excluding hydrogens is 364 g/mol. The molecule has 2 aromatic carbocycles. The van der Waals surface area contributed by atoms with Crippen LogP contribution in [0.5, 0.6) is 11.5 Å². The topological polar surface area (TPSA) is 82.0 Å². The van der Waals surface area contributed by atoms with Crippen molar-refractivity contribution in [2.45, 2.75) is 0 Å². The van der Waals surface area contributed by atoms with E-state index in [4.69, 9.17) is 10.5 Å². The van der Waals surface area contributed by atoms with E-state index in [1.807, 2.05) is 73.1 Å². The number of carbonyl (C=O) groups excluding carboxylic acids is 1. The molecule has 1 aliphatic heterocycles. The van der Waals surface area contributed by atoms with Crippen molar-refractivity contribution in [2.75, 3.05) is 13.1 Å². The number of rotatable bonds is 4. The summed E-state index contributed by atoms with van der Waals surface area (Å²) in [6.07, 6.45) is 3.68. The fourth-order valence-corrected chi connectivity index (χ4v) is 3.58. The van der Waals surface area contributed by atoms with Gasteiger partial charge in [-0.25, -0.2) is 4.52 Å². The van der Waals surface area contributed by atoms with Gasteiger partial charge >= 0.3 is 0 Å². The molecule has 0 bridgehead atoms. The molecule has 2 N–H and O–H groups in total. The van der Waals surface area contributed by atoms with Crippen LogP contribution in [0.15, 0.2) is 78.0 Å². The molecule has 0 saturated carbocycles. The van der Waals surface area contributed by atoms with E-state index in [0.29, 0.717) is 12.1 Å². The standard InChI is InChI=1S/C23H18N4O2/c24-12-21-19-10-15(6-7-18(19)23(28)14-25-21)20-13-26-27-9-8-17(11-22(20)27)29-16-4-2-1-3-5-16/h1-11,13H,12,14,24H2. The molecule has 3 heterocycles. The van der Waals surface area contributed by atoms with Crippen LogP contribution >= 0.6 is 0 Å². The number of hydrogen-bond donors (Lipinski definition) is 1. The summed E-state index contributed by atoms with van der Waals surface area (Å²) in [5.74, 6) is 1.51. The van der Waals surface area contributed by atoms with Gasteiger partial charge in [-0.1, -0.05) is 30.3 Å². The average molecular weight is 382 g/mol. The summed E-state index contributed by atoms with van der Waals surface area (Å²) in [4.78, 5) is 16.5. The number of carbonyl (C=O) groups is 1. The van der Waals surface area contributed by atoms with Gasteiger partial charge in [0.05, 0.1) is 17.4 Å². The van der Waals surface area contributed by atoms with Crippen molar-refractivity contribution >= 4 is 17.0 Å². The number of ether oxygens (including phenoxy) is 1. The zero-order valence-electron chi connectivity index (χ0n) is 15.6. The van der Waals surface area contributed by atoms with Crippen molar-refractivity contribution < 1.29 is 9.53 Å². The van der Waals surface area contributed by atoms with Gasteiger partial charge in [0.15, 0.2) is 5.78 Å². The van der Waals surface area contributed by atoms with E-state index < -0.39 is 0 Å². The highest BCUT2D eigenvalue weighted by atomic mass is 16.5.